The van der Waals surface area contributed by atoms with Crippen LogP contribution in [-0.4, -0.2) is 21.5 Å². The largest absolute Gasteiger partial charge is 1.00 e. The third-order valence-corrected chi connectivity index (χ3v) is 8.81. The molecule has 0 bridgehead atoms. The molecule has 0 atom stereocenters. The van der Waals surface area contributed by atoms with Crippen molar-refractivity contribution in [2.24, 2.45) is 0 Å². The van der Waals surface area contributed by atoms with Crippen LogP contribution in [0.25, 0.3) is 4.98 Å². The maximum absolute atomic E-state index is 4.94. The molecule has 0 radical (unpaired) electrons. The number of nitrogens with zero attached hydrogens (tertiary/aromatic N) is 1. The molecule has 0 aromatic carbocycles. The standard InChI is InChI=1S/C10H23N2Si.Li/c1-9(2,3)13(10(4,5)6)11-7-8-12-13;/h11H,7-8H2,1-6H3;/q-1;+1. The topological polar surface area (TPSA) is 26.1 Å². The van der Waals surface area contributed by atoms with Crippen molar-refractivity contribution in [3.8, 4) is 0 Å². The van der Waals surface area contributed by atoms with Crippen LogP contribution in [-0.2, 0) is 0 Å². The van der Waals surface area contributed by atoms with E-state index < -0.39 is 8.40 Å². The molecule has 1 rings (SSSR count). The summed E-state index contributed by atoms with van der Waals surface area (Å²) in [5.74, 6) is 0. The fourth-order valence-electron chi connectivity index (χ4n) is 2.65. The summed E-state index contributed by atoms with van der Waals surface area (Å²) >= 11 is 0. The van der Waals surface area contributed by atoms with Gasteiger partial charge in [0.15, 0.2) is 0 Å². The third-order valence-electron chi connectivity index (χ3n) is 3.01. The van der Waals surface area contributed by atoms with E-state index in [9.17, 15) is 0 Å². The van der Waals surface area contributed by atoms with Crippen LogP contribution in [0.15, 0.2) is 0 Å². The third kappa shape index (κ3) is 2.28. The summed E-state index contributed by atoms with van der Waals surface area (Å²) in [4.78, 5) is 8.66. The van der Waals surface area contributed by atoms with Gasteiger partial charge in [0.1, 0.15) is 0 Å². The Morgan fingerprint density at radius 1 is 1.00 bits per heavy atom. The van der Waals surface area contributed by atoms with Gasteiger partial charge < -0.3 is 9.96 Å². The molecule has 0 spiro atoms. The van der Waals surface area contributed by atoms with Crippen LogP contribution < -0.4 is 23.8 Å². The average molecular weight is 206 g/mol. The molecule has 0 aromatic heterocycles. The van der Waals surface area contributed by atoms with E-state index in [0.29, 0.717) is 10.1 Å². The Balaban J connectivity index is 0.00000169. The first-order valence-electron chi connectivity index (χ1n) is 5.14. The first-order chi connectivity index (χ1) is 5.71. The summed E-state index contributed by atoms with van der Waals surface area (Å²) < 4.78 is 0. The molecule has 14 heavy (non-hydrogen) atoms. The van der Waals surface area contributed by atoms with E-state index in [2.05, 4.69) is 46.5 Å². The summed E-state index contributed by atoms with van der Waals surface area (Å²) in [7, 11) is -1.66. The Kier molecular flexibility index (Phi) is 4.54. The smallest absolute Gasteiger partial charge is 0.650 e. The molecule has 4 heteroatoms. The molecule has 1 aliphatic heterocycles. The van der Waals surface area contributed by atoms with Crippen LogP contribution in [0.4, 0.5) is 0 Å². The second-order valence-electron chi connectivity index (χ2n) is 6.02. The maximum Gasteiger partial charge on any atom is 1.00 e. The number of hydrogen-bond donors (Lipinski definition) is 1. The van der Waals surface area contributed by atoms with E-state index in [0.717, 1.165) is 13.1 Å². The first-order valence-corrected chi connectivity index (χ1v) is 7.09. The number of hydrogen-bond acceptors (Lipinski definition) is 1. The van der Waals surface area contributed by atoms with E-state index in [1.807, 2.05) is 0 Å². The summed E-state index contributed by atoms with van der Waals surface area (Å²) in [5.41, 5.74) is 0. The number of nitrogens with one attached hydrogen (secondary N) is 1. The van der Waals surface area contributed by atoms with Crippen LogP contribution in [0.1, 0.15) is 41.5 Å². The molecule has 1 saturated heterocycles. The predicted molar refractivity (Wildman–Crippen MR) is 61.4 cm³/mol. The van der Waals surface area contributed by atoms with E-state index in [1.54, 1.807) is 0 Å². The van der Waals surface area contributed by atoms with Gasteiger partial charge in [-0.15, -0.1) is 6.54 Å². The molecule has 0 unspecified atom stereocenters. The van der Waals surface area contributed by atoms with Gasteiger partial charge in [-0.2, -0.15) is 0 Å². The van der Waals surface area contributed by atoms with E-state index in [-0.39, 0.29) is 18.9 Å². The van der Waals surface area contributed by atoms with Gasteiger partial charge in [0.05, 0.1) is 0 Å². The fraction of sp³-hybridized carbons (Fsp3) is 1.00. The van der Waals surface area contributed by atoms with Gasteiger partial charge in [-0.05, 0) is 16.6 Å². The maximum atomic E-state index is 4.94. The SMILES string of the molecule is CC(C)(C)[Si]1(C(C)(C)C)[N-]CCN1.[Li+]. The minimum absolute atomic E-state index is 0. The molecule has 78 valence electrons. The second kappa shape index (κ2) is 4.31. The molecule has 2 nitrogen and oxygen atoms in total. The van der Waals surface area contributed by atoms with E-state index >= 15 is 0 Å². The quantitative estimate of drug-likeness (QED) is 0.555. The molecular weight excluding hydrogens is 183 g/mol. The van der Waals surface area contributed by atoms with Crippen molar-refractivity contribution in [3.63, 3.8) is 0 Å². The zero-order valence-electron chi connectivity index (χ0n) is 10.9. The summed E-state index contributed by atoms with van der Waals surface area (Å²) in [6.45, 7) is 16.1. The Morgan fingerprint density at radius 3 is 1.57 bits per heavy atom. The van der Waals surface area contributed by atoms with Crippen LogP contribution in [0.2, 0.25) is 10.1 Å². The Bertz CT molecular complexity index is 171. The van der Waals surface area contributed by atoms with Gasteiger partial charge in [-0.25, -0.2) is 0 Å². The fourth-order valence-corrected chi connectivity index (χ4v) is 7.94. The summed E-state index contributed by atoms with van der Waals surface area (Å²) in [5, 5.41) is 0.642. The Morgan fingerprint density at radius 2 is 1.43 bits per heavy atom. The van der Waals surface area contributed by atoms with Gasteiger partial charge >= 0.3 is 18.9 Å². The van der Waals surface area contributed by atoms with Gasteiger partial charge in [0.2, 0.25) is 0 Å². The van der Waals surface area contributed by atoms with Crippen LogP contribution in [0.5, 0.6) is 0 Å². The molecule has 0 aromatic rings. The normalized spacial score (nSPS) is 21.9. The van der Waals surface area contributed by atoms with E-state index in [4.69, 9.17) is 4.98 Å². The van der Waals surface area contributed by atoms with Gasteiger partial charge in [-0.1, -0.05) is 41.5 Å². The minimum atomic E-state index is -1.66. The van der Waals surface area contributed by atoms with Crippen molar-refractivity contribution in [2.75, 3.05) is 13.1 Å². The van der Waals surface area contributed by atoms with Crippen molar-refractivity contribution in [3.05, 3.63) is 4.98 Å². The minimum Gasteiger partial charge on any atom is -0.650 e. The molecule has 0 saturated carbocycles. The molecule has 1 aliphatic rings. The number of rotatable bonds is 0. The van der Waals surface area contributed by atoms with Gasteiger partial charge in [0.25, 0.3) is 0 Å². The van der Waals surface area contributed by atoms with Crippen molar-refractivity contribution in [1.29, 1.82) is 0 Å². The molecule has 1 heterocycles. The molecular formula is C10H23LiN2Si. The van der Waals surface area contributed by atoms with E-state index in [1.165, 1.54) is 0 Å². The van der Waals surface area contributed by atoms with Gasteiger partial charge in [0, 0.05) is 8.40 Å². The monoisotopic (exact) mass is 206 g/mol. The Hall–Kier alpha value is 0.734. The molecule has 1 fully saturated rings. The second-order valence-corrected chi connectivity index (χ2v) is 11.1. The predicted octanol–water partition coefficient (Wildman–Crippen LogP) is 0.00970. The van der Waals surface area contributed by atoms with Crippen molar-refractivity contribution in [2.45, 2.75) is 51.6 Å². The molecule has 0 amide bonds. The van der Waals surface area contributed by atoms with Crippen molar-refractivity contribution < 1.29 is 18.9 Å². The Labute approximate surface area is 102 Å². The zero-order chi connectivity index (χ0) is 10.3. The zero-order valence-corrected chi connectivity index (χ0v) is 11.9. The average Bonchev–Trinajstić information content (AvgIpc) is 2.28. The van der Waals surface area contributed by atoms with Gasteiger partial charge in [-0.3, -0.25) is 0 Å². The van der Waals surface area contributed by atoms with Crippen molar-refractivity contribution in [1.82, 2.24) is 4.98 Å². The van der Waals surface area contributed by atoms with Crippen LogP contribution in [0.3, 0.4) is 0 Å². The molecule has 0 aliphatic carbocycles. The molecule has 1 N–H and O–H groups in total. The summed E-state index contributed by atoms with van der Waals surface area (Å²) in [6.07, 6.45) is 0. The first kappa shape index (κ1) is 14.7. The van der Waals surface area contributed by atoms with Crippen LogP contribution in [0, 0.1) is 0 Å². The summed E-state index contributed by atoms with van der Waals surface area (Å²) in [6, 6.07) is 0. The van der Waals surface area contributed by atoms with Crippen molar-refractivity contribution >= 4 is 8.40 Å². The van der Waals surface area contributed by atoms with Crippen LogP contribution >= 0.6 is 0 Å².